The van der Waals surface area contributed by atoms with Crippen LogP contribution in [0.3, 0.4) is 0 Å². The first-order valence-corrected chi connectivity index (χ1v) is 18.6. The second kappa shape index (κ2) is 21.7. The minimum Gasteiger partial charge on any atom is -0.455 e. The van der Waals surface area contributed by atoms with Gasteiger partial charge >= 0.3 is 5.97 Å². The number of unbranched alkanes of at least 4 members (excludes halogenated alkanes) is 13. The van der Waals surface area contributed by atoms with Gasteiger partial charge in [0.05, 0.1) is 42.7 Å². The Labute approximate surface area is 268 Å². The molecule has 0 saturated carbocycles. The van der Waals surface area contributed by atoms with E-state index in [-0.39, 0.29) is 48.7 Å². The van der Waals surface area contributed by atoms with Gasteiger partial charge in [-0.1, -0.05) is 103 Å². The zero-order valence-corrected chi connectivity index (χ0v) is 28.1. The highest BCUT2D eigenvalue weighted by Gasteiger charge is 2.40. The number of hydrogen-bond acceptors (Lipinski definition) is 7. The molecule has 0 bridgehead atoms. The first kappa shape index (κ1) is 37.5. The monoisotopic (exact) mass is 622 g/mol. The maximum absolute atomic E-state index is 11.7. The van der Waals surface area contributed by atoms with Crippen LogP contribution in [-0.4, -0.2) is 70.1 Å². The van der Waals surface area contributed by atoms with Crippen LogP contribution in [0.1, 0.15) is 168 Å². The number of carbonyl (C=O) groups excluding carboxylic acids is 1. The molecule has 0 radical (unpaired) electrons. The molecule has 256 valence electrons. The molecule has 0 aromatic rings. The van der Waals surface area contributed by atoms with Gasteiger partial charge in [-0.2, -0.15) is 0 Å². The van der Waals surface area contributed by atoms with Crippen molar-refractivity contribution in [3.63, 3.8) is 0 Å². The van der Waals surface area contributed by atoms with Crippen LogP contribution >= 0.6 is 0 Å². The molecule has 2 saturated heterocycles. The lowest BCUT2D eigenvalue weighted by Gasteiger charge is -2.24. The summed E-state index contributed by atoms with van der Waals surface area (Å²) in [5.74, 6) is -0.231. The molecule has 8 atom stereocenters. The van der Waals surface area contributed by atoms with Crippen LogP contribution in [0.15, 0.2) is 11.6 Å². The summed E-state index contributed by atoms with van der Waals surface area (Å²) in [4.78, 5) is 11.7. The number of aliphatic hydroxyl groups is 3. The van der Waals surface area contributed by atoms with Crippen molar-refractivity contribution in [2.45, 2.75) is 217 Å². The predicted octanol–water partition coefficient (Wildman–Crippen LogP) is 7.86. The summed E-state index contributed by atoms with van der Waals surface area (Å²) in [6.45, 7) is 4.11. The van der Waals surface area contributed by atoms with Gasteiger partial charge in [0.25, 0.3) is 0 Å². The average Bonchev–Trinajstić information content (AvgIpc) is 3.76. The van der Waals surface area contributed by atoms with Gasteiger partial charge in [0.15, 0.2) is 0 Å². The molecule has 0 aromatic heterocycles. The molecule has 3 aliphatic heterocycles. The molecule has 5 unspecified atom stereocenters. The zero-order valence-electron chi connectivity index (χ0n) is 28.1. The minimum absolute atomic E-state index is 0.0495. The van der Waals surface area contributed by atoms with Gasteiger partial charge < -0.3 is 29.5 Å². The number of cyclic esters (lactones) is 1. The quantitative estimate of drug-likeness (QED) is 0.0703. The molecule has 3 N–H and O–H groups in total. The number of carbonyl (C=O) groups is 1. The summed E-state index contributed by atoms with van der Waals surface area (Å²) < 4.78 is 17.7. The maximum Gasteiger partial charge on any atom is 0.334 e. The van der Waals surface area contributed by atoms with Crippen molar-refractivity contribution in [1.82, 2.24) is 0 Å². The van der Waals surface area contributed by atoms with Gasteiger partial charge in [-0.3, -0.25) is 0 Å². The van der Waals surface area contributed by atoms with Gasteiger partial charge in [-0.15, -0.1) is 0 Å². The van der Waals surface area contributed by atoms with Crippen molar-refractivity contribution in [1.29, 1.82) is 0 Å². The van der Waals surface area contributed by atoms with Crippen LogP contribution in [-0.2, 0) is 19.0 Å². The van der Waals surface area contributed by atoms with Gasteiger partial charge in [-0.05, 0) is 70.8 Å². The lowest BCUT2D eigenvalue weighted by molar-refractivity contribution is -0.139. The van der Waals surface area contributed by atoms with E-state index in [2.05, 4.69) is 6.92 Å². The highest BCUT2D eigenvalue weighted by Crippen LogP contribution is 2.34. The molecule has 3 heterocycles. The third kappa shape index (κ3) is 14.2. The highest BCUT2D eigenvalue weighted by atomic mass is 16.6. The topological polar surface area (TPSA) is 105 Å². The van der Waals surface area contributed by atoms with Gasteiger partial charge in [0, 0.05) is 5.57 Å². The number of ether oxygens (including phenoxy) is 3. The van der Waals surface area contributed by atoms with E-state index in [1.165, 1.54) is 64.2 Å². The zero-order chi connectivity index (χ0) is 31.6. The van der Waals surface area contributed by atoms with Crippen LogP contribution in [0.4, 0.5) is 0 Å². The summed E-state index contributed by atoms with van der Waals surface area (Å²) in [6, 6.07) is 0. The Kier molecular flexibility index (Phi) is 18.5. The van der Waals surface area contributed by atoms with Crippen molar-refractivity contribution in [3.05, 3.63) is 11.6 Å². The largest absolute Gasteiger partial charge is 0.455 e. The van der Waals surface area contributed by atoms with Crippen LogP contribution in [0, 0.1) is 0 Å². The lowest BCUT2D eigenvalue weighted by Crippen LogP contribution is -2.33. The second-order valence-corrected chi connectivity index (χ2v) is 14.0. The summed E-state index contributed by atoms with van der Waals surface area (Å²) in [7, 11) is 0. The van der Waals surface area contributed by atoms with E-state index in [0.29, 0.717) is 18.4 Å². The molecule has 3 aliphatic rings. The molecular formula is C37H66O7. The molecule has 0 amide bonds. The number of aliphatic hydroxyl groups excluding tert-OH is 3. The third-order valence-corrected chi connectivity index (χ3v) is 10.1. The van der Waals surface area contributed by atoms with E-state index in [4.69, 9.17) is 14.2 Å². The Morgan fingerprint density at radius 2 is 1.11 bits per heavy atom. The van der Waals surface area contributed by atoms with E-state index < -0.39 is 6.10 Å². The number of esters is 1. The third-order valence-electron chi connectivity index (χ3n) is 10.1. The first-order valence-electron chi connectivity index (χ1n) is 18.6. The molecule has 2 fully saturated rings. The fraction of sp³-hybridized carbons (Fsp3) is 0.919. The van der Waals surface area contributed by atoms with E-state index in [1.54, 1.807) is 0 Å². The fourth-order valence-electron chi connectivity index (χ4n) is 7.25. The smallest absolute Gasteiger partial charge is 0.334 e. The molecule has 7 heteroatoms. The van der Waals surface area contributed by atoms with Crippen LogP contribution in [0.2, 0.25) is 0 Å². The molecule has 0 aliphatic carbocycles. The normalized spacial score (nSPS) is 27.4. The second-order valence-electron chi connectivity index (χ2n) is 14.0. The lowest BCUT2D eigenvalue weighted by atomic mass is 10.00. The Balaban J connectivity index is 1.13. The van der Waals surface area contributed by atoms with Crippen molar-refractivity contribution >= 4 is 5.97 Å². The van der Waals surface area contributed by atoms with Crippen molar-refractivity contribution in [2.24, 2.45) is 0 Å². The van der Waals surface area contributed by atoms with Gasteiger partial charge in [0.2, 0.25) is 0 Å². The highest BCUT2D eigenvalue weighted by molar-refractivity contribution is 5.90. The van der Waals surface area contributed by atoms with E-state index in [0.717, 1.165) is 77.0 Å². The Bertz CT molecular complexity index is 801. The van der Waals surface area contributed by atoms with Crippen molar-refractivity contribution < 1.29 is 34.3 Å². The van der Waals surface area contributed by atoms with Crippen LogP contribution < -0.4 is 0 Å². The molecule has 7 nitrogen and oxygen atoms in total. The molecular weight excluding hydrogens is 556 g/mol. The summed E-state index contributed by atoms with van der Waals surface area (Å²) in [5.41, 5.74) is 0.706. The Hall–Kier alpha value is -0.990. The SMILES string of the molecule is CCCCCCCCCCC(O)[C@H]1CCC(C2CCC([C@H](O)CCCCCCCCC[C@@H](O)CCC3=CC(C)OC3=O)O2)O1. The molecule has 0 spiro atoms. The summed E-state index contributed by atoms with van der Waals surface area (Å²) >= 11 is 0. The predicted molar refractivity (Wildman–Crippen MR) is 175 cm³/mol. The number of rotatable bonds is 25. The van der Waals surface area contributed by atoms with Crippen LogP contribution in [0.5, 0.6) is 0 Å². The van der Waals surface area contributed by atoms with E-state index >= 15 is 0 Å². The Morgan fingerprint density at radius 3 is 1.57 bits per heavy atom. The summed E-state index contributed by atoms with van der Waals surface area (Å²) in [5, 5.41) is 31.7. The van der Waals surface area contributed by atoms with Crippen molar-refractivity contribution in [2.75, 3.05) is 0 Å². The first-order chi connectivity index (χ1) is 21.4. The van der Waals surface area contributed by atoms with E-state index in [1.807, 2.05) is 13.0 Å². The Morgan fingerprint density at radius 1 is 0.659 bits per heavy atom. The van der Waals surface area contributed by atoms with E-state index in [9.17, 15) is 20.1 Å². The van der Waals surface area contributed by atoms with Gasteiger partial charge in [0.1, 0.15) is 6.10 Å². The number of hydrogen-bond donors (Lipinski definition) is 3. The minimum atomic E-state index is -0.406. The summed E-state index contributed by atoms with van der Waals surface area (Å²) in [6.07, 6.45) is 25.9. The van der Waals surface area contributed by atoms with Crippen molar-refractivity contribution in [3.8, 4) is 0 Å². The maximum atomic E-state index is 11.7. The average molecular weight is 623 g/mol. The standard InChI is InChI=1S/C37H66O7/c1-3-4-5-6-7-10-13-16-19-31(39)33-23-25-35(43-33)36-26-24-34(44-36)32(40)20-17-14-11-8-9-12-15-18-30(38)22-21-29-27-28(2)42-37(29)41/h27-28,30-36,38-40H,3-26H2,1-2H3/t28?,30-,31?,32-,33-,34?,35?,36?/m1/s1. The molecule has 0 aromatic carbocycles. The van der Waals surface area contributed by atoms with Gasteiger partial charge in [-0.25, -0.2) is 4.79 Å². The molecule has 44 heavy (non-hydrogen) atoms. The molecule has 3 rings (SSSR count). The fourth-order valence-corrected chi connectivity index (χ4v) is 7.25. The van der Waals surface area contributed by atoms with Crippen LogP contribution in [0.25, 0.3) is 0 Å².